The van der Waals surface area contributed by atoms with Crippen LogP contribution in [0.3, 0.4) is 0 Å². The number of hydrogen-bond acceptors (Lipinski definition) is 0. The summed E-state index contributed by atoms with van der Waals surface area (Å²) in [4.78, 5) is 0. The van der Waals surface area contributed by atoms with Gasteiger partial charge in [0, 0.05) is 0 Å². The standard InChI is InChI=1S/C10H13.2BrH.Mg/c1-2-3-7-10-8-5-4-6-9-10;;;/h5-6,8-9H,2-3,7H2,1H3;2*1H;/q;;;+2/p-2. The highest BCUT2D eigenvalue weighted by molar-refractivity contribution is 9.47. The normalized spacial score (nSPS) is 8.23. The summed E-state index contributed by atoms with van der Waals surface area (Å²) in [5, 5.41) is 0. The molecule has 0 amide bonds. The summed E-state index contributed by atoms with van der Waals surface area (Å²) in [5.74, 6) is 0. The molecule has 0 saturated heterocycles. The fraction of sp³-hybridized carbons (Fsp3) is 0.400. The predicted molar refractivity (Wildman–Crippen MR) is 67.5 cm³/mol. The molecule has 1 radical (unpaired) electrons. The van der Waals surface area contributed by atoms with Crippen molar-refractivity contribution >= 4 is 41.8 Å². The largest absolute Gasteiger partial charge is 0.560 e. The summed E-state index contributed by atoms with van der Waals surface area (Å²) in [5.41, 5.74) is 1.43. The van der Waals surface area contributed by atoms with E-state index in [0.717, 1.165) is 0 Å². The fourth-order valence-electron chi connectivity index (χ4n) is 0.969. The van der Waals surface area contributed by atoms with Crippen molar-refractivity contribution in [1.82, 2.24) is 0 Å². The smallest absolute Gasteiger partial charge is 0.280 e. The Hall–Kier alpha value is 0.946. The van der Waals surface area contributed by atoms with Crippen LogP contribution in [0.15, 0.2) is 24.3 Å². The Labute approximate surface area is 103 Å². The number of unbranched alkanes of at least 4 members (excludes halogenated alkanes) is 1. The minimum atomic E-state index is 0.0417. The second-order valence-corrected chi connectivity index (χ2v) is 10.7. The molecule has 13 heavy (non-hydrogen) atoms. The molecule has 0 heterocycles. The predicted octanol–water partition coefficient (Wildman–Crippen LogP) is 4.14. The van der Waals surface area contributed by atoms with E-state index >= 15 is 0 Å². The van der Waals surface area contributed by atoms with Crippen LogP contribution < -0.4 is 0 Å². The van der Waals surface area contributed by atoms with Crippen molar-refractivity contribution in [3.63, 3.8) is 0 Å². The molecule has 0 aromatic heterocycles. The van der Waals surface area contributed by atoms with Crippen molar-refractivity contribution < 1.29 is 0 Å². The van der Waals surface area contributed by atoms with Gasteiger partial charge in [0.2, 0.25) is 0 Å². The Morgan fingerprint density at radius 1 is 1.31 bits per heavy atom. The van der Waals surface area contributed by atoms with Crippen LogP contribution in [0.1, 0.15) is 25.3 Å². The van der Waals surface area contributed by atoms with Crippen LogP contribution in [-0.2, 0) is 6.42 Å². The van der Waals surface area contributed by atoms with Crippen molar-refractivity contribution in [2.24, 2.45) is 0 Å². The number of benzene rings is 1. The SMILES string of the molecule is CCCCc1cc[c]cc1.[Br][Mg][Br]. The van der Waals surface area contributed by atoms with Crippen LogP contribution in [0.2, 0.25) is 0 Å². The van der Waals surface area contributed by atoms with E-state index in [-0.39, 0.29) is 16.0 Å². The van der Waals surface area contributed by atoms with Gasteiger partial charge in [0.25, 0.3) is 0 Å². The van der Waals surface area contributed by atoms with E-state index in [2.05, 4.69) is 50.9 Å². The van der Waals surface area contributed by atoms with Gasteiger partial charge in [0.05, 0.1) is 0 Å². The second-order valence-electron chi connectivity index (χ2n) is 2.61. The minimum Gasteiger partial charge on any atom is -0.280 e. The molecule has 0 fully saturated rings. The first-order valence-corrected chi connectivity index (χ1v) is 12.2. The summed E-state index contributed by atoms with van der Waals surface area (Å²) in [6, 6.07) is 11.2. The van der Waals surface area contributed by atoms with Gasteiger partial charge < -0.3 is 0 Å². The van der Waals surface area contributed by atoms with E-state index in [0.29, 0.717) is 0 Å². The molecule has 69 valence electrons. The lowest BCUT2D eigenvalue weighted by Crippen LogP contribution is -1.81. The molecule has 0 bridgehead atoms. The first kappa shape index (κ1) is 13.9. The molecular formula is C10H13Br2Mg. The molecule has 0 aliphatic carbocycles. The number of rotatable bonds is 3. The maximum absolute atomic E-state index is 3.20. The zero-order chi connectivity index (χ0) is 9.94. The lowest BCUT2D eigenvalue weighted by Gasteiger charge is -1.96. The first-order valence-electron chi connectivity index (χ1n) is 4.42. The highest BCUT2D eigenvalue weighted by atomic mass is 79.9. The topological polar surface area (TPSA) is 0 Å². The molecule has 1 rings (SSSR count). The third-order valence-electron chi connectivity index (χ3n) is 1.61. The molecule has 1 aromatic carbocycles. The van der Waals surface area contributed by atoms with Gasteiger partial charge in [0.15, 0.2) is 0 Å². The number of hydrogen-bond donors (Lipinski definition) is 0. The Bertz CT molecular complexity index is 189. The van der Waals surface area contributed by atoms with E-state index in [1.165, 1.54) is 24.8 Å². The van der Waals surface area contributed by atoms with E-state index in [1.807, 2.05) is 12.1 Å². The Morgan fingerprint density at radius 3 is 2.31 bits per heavy atom. The molecule has 0 spiro atoms. The van der Waals surface area contributed by atoms with Crippen LogP contribution >= 0.6 is 25.8 Å². The molecule has 0 atom stereocenters. The van der Waals surface area contributed by atoms with E-state index in [9.17, 15) is 0 Å². The summed E-state index contributed by atoms with van der Waals surface area (Å²) >= 11 is 6.44. The Morgan fingerprint density at radius 2 is 1.85 bits per heavy atom. The quantitative estimate of drug-likeness (QED) is 0.735. The zero-order valence-electron chi connectivity index (χ0n) is 7.89. The molecule has 0 nitrogen and oxygen atoms in total. The maximum Gasteiger partial charge on any atom is 0.560 e. The van der Waals surface area contributed by atoms with Crippen molar-refractivity contribution in [3.05, 3.63) is 35.9 Å². The first-order chi connectivity index (χ1) is 6.35. The molecule has 0 N–H and O–H groups in total. The Balaban J connectivity index is 0.000000424. The second kappa shape index (κ2) is 11.0. The highest BCUT2D eigenvalue weighted by Gasteiger charge is 1.87. The molecule has 0 aliphatic heterocycles. The average Bonchev–Trinajstić information content (AvgIpc) is 2.18. The van der Waals surface area contributed by atoms with Crippen LogP contribution in [0, 0.1) is 6.07 Å². The van der Waals surface area contributed by atoms with Crippen LogP contribution in [0.25, 0.3) is 0 Å². The van der Waals surface area contributed by atoms with Gasteiger partial charge in [-0.15, -0.1) is 0 Å². The third kappa shape index (κ3) is 9.26. The van der Waals surface area contributed by atoms with Gasteiger partial charge in [-0.2, -0.15) is 0 Å². The summed E-state index contributed by atoms with van der Waals surface area (Å²) in [7, 11) is 0. The van der Waals surface area contributed by atoms with Gasteiger partial charge >= 0.3 is 16.0 Å². The van der Waals surface area contributed by atoms with Gasteiger partial charge in [-0.1, -0.05) is 37.6 Å². The van der Waals surface area contributed by atoms with Crippen LogP contribution in [-0.4, -0.2) is 16.0 Å². The van der Waals surface area contributed by atoms with Gasteiger partial charge in [-0.25, -0.2) is 0 Å². The third-order valence-corrected chi connectivity index (χ3v) is 1.61. The summed E-state index contributed by atoms with van der Waals surface area (Å²) in [6.45, 7) is 2.22. The lowest BCUT2D eigenvalue weighted by molar-refractivity contribution is 0.795. The molecule has 0 saturated carbocycles. The Kier molecular flexibility index (Phi) is 11.8. The van der Waals surface area contributed by atoms with Gasteiger partial charge in [0.1, 0.15) is 0 Å². The number of halogens is 2. The number of aryl methyl sites for hydroxylation is 1. The van der Waals surface area contributed by atoms with Crippen molar-refractivity contribution in [2.75, 3.05) is 0 Å². The molecular weight excluding hydrogens is 304 g/mol. The van der Waals surface area contributed by atoms with E-state index < -0.39 is 0 Å². The van der Waals surface area contributed by atoms with E-state index in [4.69, 9.17) is 0 Å². The zero-order valence-corrected chi connectivity index (χ0v) is 12.5. The van der Waals surface area contributed by atoms with Crippen molar-refractivity contribution in [2.45, 2.75) is 26.2 Å². The molecule has 0 aliphatic rings. The summed E-state index contributed by atoms with van der Waals surface area (Å²) in [6.07, 6.45) is 3.79. The monoisotopic (exact) mass is 315 g/mol. The molecule has 1 aromatic rings. The summed E-state index contributed by atoms with van der Waals surface area (Å²) < 4.78 is 0. The van der Waals surface area contributed by atoms with Crippen LogP contribution in [0.5, 0.6) is 0 Å². The average molecular weight is 317 g/mol. The molecule has 0 unspecified atom stereocenters. The van der Waals surface area contributed by atoms with Crippen molar-refractivity contribution in [1.29, 1.82) is 0 Å². The van der Waals surface area contributed by atoms with Gasteiger partial charge in [-0.05, 0) is 24.5 Å². The lowest BCUT2D eigenvalue weighted by atomic mass is 10.1. The van der Waals surface area contributed by atoms with Gasteiger partial charge in [-0.3, -0.25) is 25.8 Å². The van der Waals surface area contributed by atoms with Crippen molar-refractivity contribution in [3.8, 4) is 0 Å². The van der Waals surface area contributed by atoms with E-state index in [1.54, 1.807) is 0 Å². The maximum atomic E-state index is 3.20. The highest BCUT2D eigenvalue weighted by Crippen LogP contribution is 2.02. The van der Waals surface area contributed by atoms with Crippen LogP contribution in [0.4, 0.5) is 0 Å². The minimum absolute atomic E-state index is 0.0417. The fourth-order valence-corrected chi connectivity index (χ4v) is 0.969. The molecule has 3 heteroatoms.